The van der Waals surface area contributed by atoms with Crippen LogP contribution in [0.1, 0.15) is 22.6 Å². The summed E-state index contributed by atoms with van der Waals surface area (Å²) in [7, 11) is 0. The molecule has 0 saturated carbocycles. The van der Waals surface area contributed by atoms with Crippen LogP contribution in [-0.2, 0) is 11.2 Å². The standard InChI is InChI=1S/C17H19N3O.ClH/c1-12-7-5-6-10-14(12)11-15(16(21)20-17(18)19)13-8-3-2-4-9-13;/h2-10,15H,11H2,1H3,(H4,18,19,20,21);1H. The summed E-state index contributed by atoms with van der Waals surface area (Å²) in [4.78, 5) is 16.0. The van der Waals surface area contributed by atoms with E-state index in [1.165, 1.54) is 0 Å². The van der Waals surface area contributed by atoms with Crippen LogP contribution in [0, 0.1) is 6.92 Å². The number of nitrogens with two attached hydrogens (primary N) is 2. The van der Waals surface area contributed by atoms with Crippen molar-refractivity contribution in [1.82, 2.24) is 0 Å². The van der Waals surface area contributed by atoms with Crippen LogP contribution in [0.15, 0.2) is 59.6 Å². The van der Waals surface area contributed by atoms with Gasteiger partial charge >= 0.3 is 0 Å². The summed E-state index contributed by atoms with van der Waals surface area (Å²) >= 11 is 0. The first-order valence-electron chi connectivity index (χ1n) is 6.81. The lowest BCUT2D eigenvalue weighted by Gasteiger charge is -2.15. The topological polar surface area (TPSA) is 81.5 Å². The second-order valence-corrected chi connectivity index (χ2v) is 4.97. The van der Waals surface area contributed by atoms with E-state index in [0.717, 1.165) is 16.7 Å². The molecule has 0 heterocycles. The van der Waals surface area contributed by atoms with Crippen LogP contribution in [0.4, 0.5) is 0 Å². The Morgan fingerprint density at radius 2 is 1.64 bits per heavy atom. The first kappa shape index (κ1) is 17.7. The summed E-state index contributed by atoms with van der Waals surface area (Å²) in [6, 6.07) is 17.6. The van der Waals surface area contributed by atoms with Crippen LogP contribution < -0.4 is 11.5 Å². The van der Waals surface area contributed by atoms with E-state index >= 15 is 0 Å². The van der Waals surface area contributed by atoms with Gasteiger partial charge in [0.05, 0.1) is 5.92 Å². The molecule has 4 nitrogen and oxygen atoms in total. The van der Waals surface area contributed by atoms with E-state index in [9.17, 15) is 4.79 Å². The molecule has 0 spiro atoms. The Labute approximate surface area is 136 Å². The maximum Gasteiger partial charge on any atom is 0.256 e. The van der Waals surface area contributed by atoms with Crippen LogP contribution in [0.25, 0.3) is 0 Å². The van der Waals surface area contributed by atoms with Crippen LogP contribution in [0.5, 0.6) is 0 Å². The Morgan fingerprint density at radius 1 is 1.05 bits per heavy atom. The zero-order valence-electron chi connectivity index (χ0n) is 12.4. The fourth-order valence-electron chi connectivity index (χ4n) is 2.30. The van der Waals surface area contributed by atoms with Gasteiger partial charge in [0.25, 0.3) is 5.91 Å². The number of hydrogen-bond acceptors (Lipinski definition) is 1. The van der Waals surface area contributed by atoms with E-state index in [1.54, 1.807) is 0 Å². The summed E-state index contributed by atoms with van der Waals surface area (Å²) in [5.41, 5.74) is 13.9. The number of amides is 1. The third kappa shape index (κ3) is 4.60. The van der Waals surface area contributed by atoms with Gasteiger partial charge in [-0.05, 0) is 30.0 Å². The van der Waals surface area contributed by atoms with E-state index in [-0.39, 0.29) is 30.2 Å². The SMILES string of the molecule is Cc1ccccc1CC(C(=O)N=C(N)N)c1ccccc1.Cl. The number of benzene rings is 2. The molecule has 2 aromatic carbocycles. The number of halogens is 1. The Morgan fingerprint density at radius 3 is 2.23 bits per heavy atom. The fraction of sp³-hybridized carbons (Fsp3) is 0.176. The molecule has 0 fully saturated rings. The zero-order valence-corrected chi connectivity index (χ0v) is 13.2. The van der Waals surface area contributed by atoms with Crippen molar-refractivity contribution in [3.63, 3.8) is 0 Å². The van der Waals surface area contributed by atoms with Crippen molar-refractivity contribution < 1.29 is 4.79 Å². The van der Waals surface area contributed by atoms with Crippen molar-refractivity contribution in [2.45, 2.75) is 19.3 Å². The largest absolute Gasteiger partial charge is 0.370 e. The second-order valence-electron chi connectivity index (χ2n) is 4.97. The van der Waals surface area contributed by atoms with Gasteiger partial charge < -0.3 is 11.5 Å². The third-order valence-electron chi connectivity index (χ3n) is 3.42. The van der Waals surface area contributed by atoms with Gasteiger partial charge in [-0.15, -0.1) is 12.4 Å². The predicted molar refractivity (Wildman–Crippen MR) is 92.1 cm³/mol. The number of guanidine groups is 1. The van der Waals surface area contributed by atoms with Crippen molar-refractivity contribution in [2.75, 3.05) is 0 Å². The molecular weight excluding hydrogens is 298 g/mol. The van der Waals surface area contributed by atoms with Crippen molar-refractivity contribution >= 4 is 24.3 Å². The van der Waals surface area contributed by atoms with Crippen molar-refractivity contribution in [3.05, 3.63) is 71.3 Å². The summed E-state index contributed by atoms with van der Waals surface area (Å²) in [5.74, 6) is -0.899. The Hall–Kier alpha value is -2.33. The van der Waals surface area contributed by atoms with Crippen molar-refractivity contribution in [2.24, 2.45) is 16.5 Å². The minimum atomic E-state index is -0.380. The fourth-order valence-corrected chi connectivity index (χ4v) is 2.30. The lowest BCUT2D eigenvalue weighted by atomic mass is 9.89. The molecule has 1 atom stereocenters. The monoisotopic (exact) mass is 317 g/mol. The molecule has 0 saturated heterocycles. The maximum atomic E-state index is 12.3. The van der Waals surface area contributed by atoms with E-state index in [1.807, 2.05) is 61.5 Å². The highest BCUT2D eigenvalue weighted by Gasteiger charge is 2.21. The molecule has 22 heavy (non-hydrogen) atoms. The molecule has 0 bridgehead atoms. The molecule has 0 aliphatic carbocycles. The summed E-state index contributed by atoms with van der Waals surface area (Å²) < 4.78 is 0. The lowest BCUT2D eigenvalue weighted by molar-refractivity contribution is -0.119. The van der Waals surface area contributed by atoms with E-state index < -0.39 is 0 Å². The molecule has 1 unspecified atom stereocenters. The number of aliphatic imine (C=N–C) groups is 1. The number of hydrogen-bond donors (Lipinski definition) is 2. The first-order chi connectivity index (χ1) is 10.1. The predicted octanol–water partition coefficient (Wildman–Crippen LogP) is 2.54. The number of nitrogens with zero attached hydrogens (tertiary/aromatic N) is 1. The summed E-state index contributed by atoms with van der Waals surface area (Å²) in [6.07, 6.45) is 0.576. The summed E-state index contributed by atoms with van der Waals surface area (Å²) in [5, 5.41) is 0. The molecule has 116 valence electrons. The van der Waals surface area contributed by atoms with Gasteiger partial charge in [-0.1, -0.05) is 54.6 Å². The maximum absolute atomic E-state index is 12.3. The Bertz CT molecular complexity index is 652. The highest BCUT2D eigenvalue weighted by Crippen LogP contribution is 2.24. The van der Waals surface area contributed by atoms with E-state index in [0.29, 0.717) is 6.42 Å². The molecule has 0 aromatic heterocycles. The van der Waals surface area contributed by atoms with Crippen molar-refractivity contribution in [1.29, 1.82) is 0 Å². The quantitative estimate of drug-likeness (QED) is 0.671. The molecule has 2 aromatic rings. The average molecular weight is 318 g/mol. The number of carbonyl (C=O) groups excluding carboxylic acids is 1. The van der Waals surface area contributed by atoms with E-state index in [4.69, 9.17) is 11.5 Å². The molecular formula is C17H20ClN3O. The normalized spacial score (nSPS) is 11.1. The number of carbonyl (C=O) groups is 1. The second kappa shape index (κ2) is 8.20. The average Bonchev–Trinajstić information content (AvgIpc) is 2.46. The minimum Gasteiger partial charge on any atom is -0.370 e. The first-order valence-corrected chi connectivity index (χ1v) is 6.81. The molecule has 0 aliphatic heterocycles. The van der Waals surface area contributed by atoms with Crippen LogP contribution >= 0.6 is 12.4 Å². The Kier molecular flexibility index (Phi) is 6.60. The van der Waals surface area contributed by atoms with E-state index in [2.05, 4.69) is 4.99 Å². The molecule has 2 rings (SSSR count). The molecule has 4 N–H and O–H groups in total. The number of rotatable bonds is 4. The van der Waals surface area contributed by atoms with Gasteiger partial charge in [0, 0.05) is 0 Å². The minimum absolute atomic E-state index is 0. The molecule has 0 aliphatic rings. The number of aryl methyl sites for hydroxylation is 1. The van der Waals surface area contributed by atoms with Crippen LogP contribution in [0.3, 0.4) is 0 Å². The lowest BCUT2D eigenvalue weighted by Crippen LogP contribution is -2.26. The summed E-state index contributed by atoms with van der Waals surface area (Å²) in [6.45, 7) is 2.03. The molecule has 0 radical (unpaired) electrons. The van der Waals surface area contributed by atoms with Gasteiger partial charge in [0.15, 0.2) is 5.96 Å². The van der Waals surface area contributed by atoms with Gasteiger partial charge in [-0.25, -0.2) is 0 Å². The molecule has 5 heteroatoms. The van der Waals surface area contributed by atoms with Gasteiger partial charge in [0.2, 0.25) is 0 Å². The zero-order chi connectivity index (χ0) is 15.2. The van der Waals surface area contributed by atoms with Crippen molar-refractivity contribution in [3.8, 4) is 0 Å². The Balaban J connectivity index is 0.00000242. The van der Waals surface area contributed by atoms with Gasteiger partial charge in [0.1, 0.15) is 0 Å². The molecule has 1 amide bonds. The smallest absolute Gasteiger partial charge is 0.256 e. The highest BCUT2D eigenvalue weighted by atomic mass is 35.5. The third-order valence-corrected chi connectivity index (χ3v) is 3.42. The van der Waals surface area contributed by atoms with Gasteiger partial charge in [-0.3, -0.25) is 4.79 Å². The van der Waals surface area contributed by atoms with Crippen LogP contribution in [-0.4, -0.2) is 11.9 Å². The highest BCUT2D eigenvalue weighted by molar-refractivity contribution is 5.95. The van der Waals surface area contributed by atoms with Crippen LogP contribution in [0.2, 0.25) is 0 Å². The van der Waals surface area contributed by atoms with Gasteiger partial charge in [-0.2, -0.15) is 4.99 Å².